The number of hydrogen-bond donors (Lipinski definition) is 1. The van der Waals surface area contributed by atoms with Crippen molar-refractivity contribution in [2.24, 2.45) is 0 Å². The van der Waals surface area contributed by atoms with Gasteiger partial charge in [-0.25, -0.2) is 4.79 Å². The zero-order valence-electron chi connectivity index (χ0n) is 21.9. The molecule has 2 aliphatic rings. The molecule has 0 spiro atoms. The second-order valence-electron chi connectivity index (χ2n) is 9.64. The number of benzene rings is 3. The lowest BCUT2D eigenvalue weighted by molar-refractivity contribution is -0.140. The second-order valence-corrected chi connectivity index (χ2v) is 10.1. The van der Waals surface area contributed by atoms with Crippen molar-refractivity contribution in [3.8, 4) is 11.5 Å². The Morgan fingerprint density at radius 2 is 1.67 bits per heavy atom. The Labute approximate surface area is 233 Å². The Hall–Kier alpha value is -4.03. The fourth-order valence-corrected chi connectivity index (χ4v) is 5.45. The summed E-state index contributed by atoms with van der Waals surface area (Å²) < 4.78 is 16.8. The molecule has 2 atom stereocenters. The van der Waals surface area contributed by atoms with Gasteiger partial charge in [0.05, 0.1) is 12.7 Å². The van der Waals surface area contributed by atoms with Crippen molar-refractivity contribution in [2.75, 3.05) is 20.3 Å². The number of para-hydroxylation sites is 1. The van der Waals surface area contributed by atoms with E-state index in [2.05, 4.69) is 5.32 Å². The van der Waals surface area contributed by atoms with Gasteiger partial charge in [-0.2, -0.15) is 0 Å². The monoisotopic (exact) mass is 543 g/mol. The first-order chi connectivity index (χ1) is 18.9. The van der Waals surface area contributed by atoms with Crippen molar-refractivity contribution >= 4 is 23.4 Å². The minimum atomic E-state index is -0.572. The first-order valence-corrected chi connectivity index (χ1v) is 13.3. The Morgan fingerprint density at radius 1 is 0.923 bits per heavy atom. The van der Waals surface area contributed by atoms with Crippen LogP contribution in [0.5, 0.6) is 11.5 Å². The molecule has 5 rings (SSSR count). The highest BCUT2D eigenvalue weighted by atomic mass is 35.5. The normalized spacial score (nSPS) is 18.8. The molecule has 7 heteroatoms. The Kier molecular flexibility index (Phi) is 8.03. The van der Waals surface area contributed by atoms with Crippen LogP contribution in [0.2, 0.25) is 5.02 Å². The van der Waals surface area contributed by atoms with Gasteiger partial charge in [0, 0.05) is 34.3 Å². The fourth-order valence-electron chi connectivity index (χ4n) is 5.32. The van der Waals surface area contributed by atoms with Crippen LogP contribution in [0.25, 0.3) is 0 Å². The van der Waals surface area contributed by atoms with E-state index >= 15 is 0 Å². The van der Waals surface area contributed by atoms with E-state index in [1.165, 1.54) is 0 Å². The maximum atomic E-state index is 13.8. The van der Waals surface area contributed by atoms with Crippen LogP contribution < -0.4 is 14.8 Å². The summed E-state index contributed by atoms with van der Waals surface area (Å²) in [6.45, 7) is 2.15. The number of esters is 1. The van der Waals surface area contributed by atoms with Gasteiger partial charge in [-0.1, -0.05) is 54.1 Å². The zero-order chi connectivity index (χ0) is 27.4. The Morgan fingerprint density at radius 3 is 2.41 bits per heavy atom. The molecule has 3 aromatic rings. The van der Waals surface area contributed by atoms with Gasteiger partial charge >= 0.3 is 5.97 Å². The molecule has 6 nitrogen and oxygen atoms in total. The first kappa shape index (κ1) is 26.6. The average molecular weight is 544 g/mol. The van der Waals surface area contributed by atoms with Crippen LogP contribution in [0.15, 0.2) is 101 Å². The van der Waals surface area contributed by atoms with E-state index in [0.29, 0.717) is 46.2 Å². The number of hydrogen-bond acceptors (Lipinski definition) is 6. The molecular formula is C32H30ClNO5. The van der Waals surface area contributed by atoms with Crippen molar-refractivity contribution in [2.45, 2.75) is 31.6 Å². The predicted octanol–water partition coefficient (Wildman–Crippen LogP) is 6.33. The van der Waals surface area contributed by atoms with Crippen molar-refractivity contribution in [3.05, 3.63) is 118 Å². The summed E-state index contributed by atoms with van der Waals surface area (Å²) >= 11 is 6.09. The molecule has 3 aromatic carbocycles. The number of ketones is 1. The standard InChI is InChI=1S/C32H30ClNO5/c1-20-29(32(36)39-16-15-38-25-8-4-3-5-9-25)30(22-7-6-10-26(17-22)37-2)31-27(34-20)18-23(19-28(31)35)21-11-13-24(33)14-12-21/h3-14,17,23,30,34H,15-16,18-19H2,1-2H3/t23-,30+/m1/s1. The molecule has 0 aromatic heterocycles. The Balaban J connectivity index is 1.43. The molecule has 1 aliphatic carbocycles. The van der Waals surface area contributed by atoms with E-state index in [9.17, 15) is 9.59 Å². The summed E-state index contributed by atoms with van der Waals surface area (Å²) in [7, 11) is 1.59. The highest BCUT2D eigenvalue weighted by molar-refractivity contribution is 6.30. The van der Waals surface area contributed by atoms with Gasteiger partial charge in [-0.05, 0) is 66.8 Å². The SMILES string of the molecule is COc1cccc([C@H]2C(C(=O)OCCOc3ccccc3)=C(C)NC3=C2C(=O)C[C@H](c2ccc(Cl)cc2)C3)c1. The number of dihydropyridines is 1. The number of nitrogens with one attached hydrogen (secondary N) is 1. The number of carbonyl (C=O) groups excluding carboxylic acids is 2. The van der Waals surface area contributed by atoms with Crippen molar-refractivity contribution < 1.29 is 23.8 Å². The number of rotatable bonds is 8. The molecule has 0 amide bonds. The van der Waals surface area contributed by atoms with Crippen molar-refractivity contribution in [3.63, 3.8) is 0 Å². The van der Waals surface area contributed by atoms with Crippen LogP contribution in [-0.4, -0.2) is 32.1 Å². The number of methoxy groups -OCH3 is 1. The van der Waals surface area contributed by atoms with Gasteiger partial charge in [-0.3, -0.25) is 4.79 Å². The van der Waals surface area contributed by atoms with E-state index in [4.69, 9.17) is 25.8 Å². The summed E-state index contributed by atoms with van der Waals surface area (Å²) in [5.74, 6) is 0.318. The summed E-state index contributed by atoms with van der Waals surface area (Å²) in [5, 5.41) is 4.04. The van der Waals surface area contributed by atoms with Gasteiger partial charge in [0.2, 0.25) is 0 Å². The zero-order valence-corrected chi connectivity index (χ0v) is 22.7. The molecule has 0 saturated carbocycles. The minimum Gasteiger partial charge on any atom is -0.497 e. The fraction of sp³-hybridized carbons (Fsp3) is 0.250. The summed E-state index contributed by atoms with van der Waals surface area (Å²) in [4.78, 5) is 27.3. The van der Waals surface area contributed by atoms with Crippen LogP contribution in [-0.2, 0) is 14.3 Å². The topological polar surface area (TPSA) is 73.9 Å². The molecule has 0 unspecified atom stereocenters. The van der Waals surface area contributed by atoms with Crippen LogP contribution in [0, 0.1) is 0 Å². The summed E-state index contributed by atoms with van der Waals surface area (Å²) in [6, 6.07) is 24.5. The predicted molar refractivity (Wildman–Crippen MR) is 150 cm³/mol. The highest BCUT2D eigenvalue weighted by Crippen LogP contribution is 2.46. The van der Waals surface area contributed by atoms with Crippen LogP contribution in [0.3, 0.4) is 0 Å². The van der Waals surface area contributed by atoms with E-state index in [0.717, 1.165) is 16.8 Å². The third-order valence-electron chi connectivity index (χ3n) is 7.14. The maximum absolute atomic E-state index is 13.8. The average Bonchev–Trinajstić information content (AvgIpc) is 2.95. The first-order valence-electron chi connectivity index (χ1n) is 12.9. The maximum Gasteiger partial charge on any atom is 0.336 e. The number of ether oxygens (including phenoxy) is 3. The molecule has 39 heavy (non-hydrogen) atoms. The van der Waals surface area contributed by atoms with Gasteiger partial charge in [-0.15, -0.1) is 0 Å². The van der Waals surface area contributed by atoms with Gasteiger partial charge in [0.15, 0.2) is 5.78 Å². The van der Waals surface area contributed by atoms with Crippen LogP contribution in [0.1, 0.15) is 42.7 Å². The lowest BCUT2D eigenvalue weighted by atomic mass is 9.71. The number of carbonyl (C=O) groups is 2. The molecule has 1 N–H and O–H groups in total. The Bertz CT molecular complexity index is 1430. The van der Waals surface area contributed by atoms with E-state index in [-0.39, 0.29) is 24.9 Å². The molecule has 0 fully saturated rings. The smallest absolute Gasteiger partial charge is 0.336 e. The van der Waals surface area contributed by atoms with Crippen LogP contribution in [0.4, 0.5) is 0 Å². The van der Waals surface area contributed by atoms with Crippen LogP contribution >= 0.6 is 11.6 Å². The van der Waals surface area contributed by atoms with Gasteiger partial charge in [0.1, 0.15) is 24.7 Å². The lowest BCUT2D eigenvalue weighted by Crippen LogP contribution is -2.36. The summed E-state index contributed by atoms with van der Waals surface area (Å²) in [6.07, 6.45) is 0.989. The third kappa shape index (κ3) is 5.86. The third-order valence-corrected chi connectivity index (χ3v) is 7.40. The molecule has 1 heterocycles. The molecule has 0 radical (unpaired) electrons. The summed E-state index contributed by atoms with van der Waals surface area (Å²) in [5.41, 5.74) is 4.38. The molecule has 0 bridgehead atoms. The van der Waals surface area contributed by atoms with E-state index in [1.54, 1.807) is 7.11 Å². The van der Waals surface area contributed by atoms with Crippen molar-refractivity contribution in [1.29, 1.82) is 0 Å². The van der Waals surface area contributed by atoms with Gasteiger partial charge in [0.25, 0.3) is 0 Å². The number of Topliss-reactive ketones (excluding diaryl/α,β-unsaturated/α-hetero) is 1. The lowest BCUT2D eigenvalue weighted by Gasteiger charge is -2.36. The second kappa shape index (κ2) is 11.8. The number of allylic oxidation sites excluding steroid dienone is 3. The molecule has 1 aliphatic heterocycles. The van der Waals surface area contributed by atoms with E-state index < -0.39 is 11.9 Å². The molecule has 0 saturated heterocycles. The number of halogens is 1. The quantitative estimate of drug-likeness (QED) is 0.264. The molecular weight excluding hydrogens is 514 g/mol. The van der Waals surface area contributed by atoms with Gasteiger partial charge < -0.3 is 19.5 Å². The van der Waals surface area contributed by atoms with Crippen molar-refractivity contribution in [1.82, 2.24) is 5.32 Å². The minimum absolute atomic E-state index is 0.00160. The molecule has 200 valence electrons. The highest BCUT2D eigenvalue weighted by Gasteiger charge is 2.41. The largest absolute Gasteiger partial charge is 0.497 e. The van der Waals surface area contributed by atoms with E-state index in [1.807, 2.05) is 85.8 Å².